The van der Waals surface area contributed by atoms with Gasteiger partial charge in [-0.3, -0.25) is 10.1 Å². The molecule has 0 bridgehead atoms. The third-order valence-electron chi connectivity index (χ3n) is 2.75. The van der Waals surface area contributed by atoms with E-state index in [9.17, 15) is 10.1 Å². The molecule has 3 N–H and O–H groups in total. The predicted octanol–water partition coefficient (Wildman–Crippen LogP) is 2.33. The number of benzene rings is 1. The average molecular weight is 290 g/mol. The molecule has 0 saturated heterocycles. The number of anilines is 3. The Balaban J connectivity index is 2.42. The SMILES string of the molecule is COc1ccc(Nc2nc(N)ccc2[N+](=O)[O-])c(OC)c1. The van der Waals surface area contributed by atoms with Crippen LogP contribution in [0.3, 0.4) is 0 Å². The van der Waals surface area contributed by atoms with Crippen LogP contribution in [0, 0.1) is 10.1 Å². The van der Waals surface area contributed by atoms with E-state index in [1.807, 2.05) is 0 Å². The molecule has 0 atom stereocenters. The van der Waals surface area contributed by atoms with Gasteiger partial charge >= 0.3 is 5.69 Å². The Bertz CT molecular complexity index is 675. The second kappa shape index (κ2) is 5.95. The van der Waals surface area contributed by atoms with Gasteiger partial charge in [-0.25, -0.2) is 4.98 Å². The van der Waals surface area contributed by atoms with Crippen molar-refractivity contribution in [2.24, 2.45) is 0 Å². The minimum Gasteiger partial charge on any atom is -0.497 e. The van der Waals surface area contributed by atoms with Crippen molar-refractivity contribution in [2.75, 3.05) is 25.3 Å². The fourth-order valence-electron chi connectivity index (χ4n) is 1.74. The number of nitrogens with one attached hydrogen (secondary N) is 1. The molecule has 0 saturated carbocycles. The molecule has 8 heteroatoms. The Kier molecular flexibility index (Phi) is 4.07. The zero-order valence-corrected chi connectivity index (χ0v) is 11.5. The summed E-state index contributed by atoms with van der Waals surface area (Å²) in [7, 11) is 3.02. The standard InChI is InChI=1S/C13H14N4O4/c1-20-8-3-4-9(11(7-8)21-2)15-13-10(17(18)19)5-6-12(14)16-13/h3-7H,1-2H3,(H3,14,15,16). The molecule has 0 fully saturated rings. The minimum atomic E-state index is -0.537. The monoisotopic (exact) mass is 290 g/mol. The number of pyridine rings is 1. The van der Waals surface area contributed by atoms with E-state index >= 15 is 0 Å². The summed E-state index contributed by atoms with van der Waals surface area (Å²) in [6.07, 6.45) is 0. The second-order valence-corrected chi connectivity index (χ2v) is 4.05. The largest absolute Gasteiger partial charge is 0.497 e. The highest BCUT2D eigenvalue weighted by Gasteiger charge is 2.17. The molecule has 0 aliphatic carbocycles. The molecule has 2 aromatic rings. The number of hydrogen-bond donors (Lipinski definition) is 2. The van der Waals surface area contributed by atoms with Gasteiger partial charge in [-0.05, 0) is 18.2 Å². The lowest BCUT2D eigenvalue weighted by Gasteiger charge is -2.12. The summed E-state index contributed by atoms with van der Waals surface area (Å²) in [4.78, 5) is 14.4. The van der Waals surface area contributed by atoms with Gasteiger partial charge in [0.2, 0.25) is 5.82 Å². The number of aromatic nitrogens is 1. The zero-order chi connectivity index (χ0) is 15.4. The predicted molar refractivity (Wildman–Crippen MR) is 78.1 cm³/mol. The molecule has 1 aromatic heterocycles. The van der Waals surface area contributed by atoms with E-state index in [-0.39, 0.29) is 17.3 Å². The summed E-state index contributed by atoms with van der Waals surface area (Å²) in [6.45, 7) is 0. The Morgan fingerprint density at radius 3 is 2.62 bits per heavy atom. The molecular formula is C13H14N4O4. The van der Waals surface area contributed by atoms with Crippen LogP contribution in [0.4, 0.5) is 23.0 Å². The number of methoxy groups -OCH3 is 2. The molecular weight excluding hydrogens is 276 g/mol. The lowest BCUT2D eigenvalue weighted by atomic mass is 10.2. The zero-order valence-electron chi connectivity index (χ0n) is 11.5. The quantitative estimate of drug-likeness (QED) is 0.641. The minimum absolute atomic E-state index is 0.0449. The first-order valence-corrected chi connectivity index (χ1v) is 5.95. The molecule has 0 radical (unpaired) electrons. The van der Waals surface area contributed by atoms with E-state index in [1.54, 1.807) is 18.2 Å². The van der Waals surface area contributed by atoms with Crippen LogP contribution in [0.15, 0.2) is 30.3 Å². The summed E-state index contributed by atoms with van der Waals surface area (Å²) < 4.78 is 10.3. The molecule has 110 valence electrons. The Hall–Kier alpha value is -3.03. The van der Waals surface area contributed by atoms with Crippen molar-refractivity contribution < 1.29 is 14.4 Å². The van der Waals surface area contributed by atoms with Gasteiger partial charge in [0.05, 0.1) is 24.8 Å². The van der Waals surface area contributed by atoms with Gasteiger partial charge in [-0.15, -0.1) is 0 Å². The van der Waals surface area contributed by atoms with Gasteiger partial charge in [0, 0.05) is 12.1 Å². The maximum absolute atomic E-state index is 11.0. The van der Waals surface area contributed by atoms with Crippen LogP contribution in [0.2, 0.25) is 0 Å². The molecule has 21 heavy (non-hydrogen) atoms. The number of nitrogen functional groups attached to an aromatic ring is 1. The highest BCUT2D eigenvalue weighted by atomic mass is 16.6. The van der Waals surface area contributed by atoms with Gasteiger partial charge < -0.3 is 20.5 Å². The molecule has 8 nitrogen and oxygen atoms in total. The normalized spacial score (nSPS) is 10.0. The van der Waals surface area contributed by atoms with Crippen molar-refractivity contribution in [1.29, 1.82) is 0 Å². The lowest BCUT2D eigenvalue weighted by molar-refractivity contribution is -0.384. The summed E-state index contributed by atoms with van der Waals surface area (Å²) in [5, 5.41) is 13.9. The van der Waals surface area contributed by atoms with Gasteiger partial charge in [0.25, 0.3) is 0 Å². The first-order chi connectivity index (χ1) is 10.0. The topological polar surface area (TPSA) is 113 Å². The number of nitrogens with zero attached hydrogens (tertiary/aromatic N) is 2. The Labute approximate surface area is 120 Å². The van der Waals surface area contributed by atoms with Crippen LogP contribution in [-0.4, -0.2) is 24.1 Å². The molecule has 0 spiro atoms. The van der Waals surface area contributed by atoms with E-state index in [0.717, 1.165) is 0 Å². The summed E-state index contributed by atoms with van der Waals surface area (Å²) >= 11 is 0. The number of nitrogens with two attached hydrogens (primary N) is 1. The van der Waals surface area contributed by atoms with Gasteiger partial charge in [0.1, 0.15) is 17.3 Å². The Morgan fingerprint density at radius 2 is 2.00 bits per heavy atom. The summed E-state index contributed by atoms with van der Waals surface area (Å²) in [5.41, 5.74) is 5.91. The molecule has 1 heterocycles. The second-order valence-electron chi connectivity index (χ2n) is 4.05. The van der Waals surface area contributed by atoms with Crippen LogP contribution in [-0.2, 0) is 0 Å². The van der Waals surface area contributed by atoms with Crippen molar-refractivity contribution >= 4 is 23.0 Å². The molecule has 0 amide bonds. The van der Waals surface area contributed by atoms with Crippen LogP contribution >= 0.6 is 0 Å². The fraction of sp³-hybridized carbons (Fsp3) is 0.154. The van der Waals surface area contributed by atoms with Crippen LogP contribution in [0.1, 0.15) is 0 Å². The van der Waals surface area contributed by atoms with Crippen molar-refractivity contribution in [3.8, 4) is 11.5 Å². The fourth-order valence-corrected chi connectivity index (χ4v) is 1.74. The van der Waals surface area contributed by atoms with Gasteiger partial charge in [0.15, 0.2) is 0 Å². The average Bonchev–Trinajstić information content (AvgIpc) is 2.47. The third kappa shape index (κ3) is 3.11. The molecule has 0 aliphatic heterocycles. The number of hydrogen-bond acceptors (Lipinski definition) is 7. The molecule has 2 rings (SSSR count). The highest BCUT2D eigenvalue weighted by Crippen LogP contribution is 2.33. The molecule has 0 unspecified atom stereocenters. The van der Waals surface area contributed by atoms with Crippen LogP contribution in [0.5, 0.6) is 11.5 Å². The highest BCUT2D eigenvalue weighted by molar-refractivity contribution is 5.71. The maximum atomic E-state index is 11.0. The Morgan fingerprint density at radius 1 is 1.24 bits per heavy atom. The van der Waals surface area contributed by atoms with Gasteiger partial charge in [-0.2, -0.15) is 0 Å². The first kappa shape index (κ1) is 14.4. The van der Waals surface area contributed by atoms with Gasteiger partial charge in [-0.1, -0.05) is 0 Å². The third-order valence-corrected chi connectivity index (χ3v) is 2.75. The number of rotatable bonds is 5. The van der Waals surface area contributed by atoms with Crippen molar-refractivity contribution in [3.05, 3.63) is 40.4 Å². The van der Waals surface area contributed by atoms with Crippen LogP contribution < -0.4 is 20.5 Å². The van der Waals surface area contributed by atoms with Crippen molar-refractivity contribution in [1.82, 2.24) is 4.98 Å². The first-order valence-electron chi connectivity index (χ1n) is 5.95. The van der Waals surface area contributed by atoms with Crippen molar-refractivity contribution in [3.63, 3.8) is 0 Å². The lowest BCUT2D eigenvalue weighted by Crippen LogP contribution is -2.03. The number of nitro groups is 1. The van der Waals surface area contributed by atoms with E-state index in [1.165, 1.54) is 26.4 Å². The molecule has 0 aliphatic rings. The van der Waals surface area contributed by atoms with Crippen molar-refractivity contribution in [2.45, 2.75) is 0 Å². The number of ether oxygens (including phenoxy) is 2. The maximum Gasteiger partial charge on any atom is 0.311 e. The van der Waals surface area contributed by atoms with E-state index in [4.69, 9.17) is 15.2 Å². The summed E-state index contributed by atoms with van der Waals surface area (Å²) in [6, 6.07) is 7.69. The smallest absolute Gasteiger partial charge is 0.311 e. The van der Waals surface area contributed by atoms with Crippen LogP contribution in [0.25, 0.3) is 0 Å². The molecule has 1 aromatic carbocycles. The van der Waals surface area contributed by atoms with E-state index in [2.05, 4.69) is 10.3 Å². The van der Waals surface area contributed by atoms with E-state index < -0.39 is 4.92 Å². The summed E-state index contributed by atoms with van der Waals surface area (Å²) in [5.74, 6) is 1.29. The van der Waals surface area contributed by atoms with E-state index in [0.29, 0.717) is 17.2 Å².